The van der Waals surface area contributed by atoms with Gasteiger partial charge in [-0.15, -0.1) is 0 Å². The molecule has 2 aromatic rings. The van der Waals surface area contributed by atoms with Crippen LogP contribution >= 0.6 is 11.6 Å². The predicted molar refractivity (Wildman–Crippen MR) is 77.7 cm³/mol. The zero-order chi connectivity index (χ0) is 13.9. The Balaban J connectivity index is 1.68. The van der Waals surface area contributed by atoms with Crippen LogP contribution in [-0.2, 0) is 11.8 Å². The summed E-state index contributed by atoms with van der Waals surface area (Å²) in [6.45, 7) is 1.60. The molecule has 106 valence electrons. The number of nitrogens with one attached hydrogen (secondary N) is 1. The number of ether oxygens (including phenoxy) is 1. The van der Waals surface area contributed by atoms with Crippen LogP contribution in [0.5, 0.6) is 0 Å². The van der Waals surface area contributed by atoms with Crippen LogP contribution in [0, 0.1) is 5.92 Å². The molecule has 3 rings (SSSR count). The normalized spacial score (nSPS) is 22.1. The average Bonchev–Trinajstić information content (AvgIpc) is 3.06. The molecule has 1 saturated heterocycles. The Kier molecular flexibility index (Phi) is 3.89. The van der Waals surface area contributed by atoms with Gasteiger partial charge >= 0.3 is 0 Å². The molecule has 1 fully saturated rings. The van der Waals surface area contributed by atoms with Crippen LogP contribution in [0.25, 0.3) is 0 Å². The van der Waals surface area contributed by atoms with Crippen LogP contribution in [-0.4, -0.2) is 27.9 Å². The maximum absolute atomic E-state index is 6.10. The fraction of sp³-hybridized carbons (Fsp3) is 0.429. The highest BCUT2D eigenvalue weighted by Gasteiger charge is 2.31. The Hall–Kier alpha value is -1.59. The van der Waals surface area contributed by atoms with Gasteiger partial charge in [-0.3, -0.25) is 9.67 Å². The number of aromatic nitrogens is 3. The van der Waals surface area contributed by atoms with Crippen molar-refractivity contribution < 1.29 is 4.74 Å². The van der Waals surface area contributed by atoms with Crippen molar-refractivity contribution in [1.82, 2.24) is 14.8 Å². The van der Waals surface area contributed by atoms with E-state index < -0.39 is 0 Å². The highest BCUT2D eigenvalue weighted by molar-refractivity contribution is 6.33. The van der Waals surface area contributed by atoms with Crippen LogP contribution in [0.15, 0.2) is 30.7 Å². The van der Waals surface area contributed by atoms with E-state index in [2.05, 4.69) is 15.4 Å². The third-order valence-corrected chi connectivity index (χ3v) is 3.99. The van der Waals surface area contributed by atoms with Crippen LogP contribution in [0.2, 0.25) is 5.02 Å². The van der Waals surface area contributed by atoms with E-state index in [1.807, 2.05) is 23.9 Å². The van der Waals surface area contributed by atoms with Crippen molar-refractivity contribution >= 4 is 17.3 Å². The molecular formula is C14H17ClN4O. The number of pyridine rings is 1. The number of hydrogen-bond donors (Lipinski definition) is 1. The molecule has 0 spiro atoms. The predicted octanol–water partition coefficient (Wildman–Crippen LogP) is 2.66. The maximum Gasteiger partial charge on any atom is 0.104 e. The smallest absolute Gasteiger partial charge is 0.104 e. The highest BCUT2D eigenvalue weighted by Crippen LogP contribution is 2.34. The van der Waals surface area contributed by atoms with Gasteiger partial charge in [-0.2, -0.15) is 5.10 Å². The molecule has 2 aromatic heterocycles. The molecule has 1 aliphatic heterocycles. The summed E-state index contributed by atoms with van der Waals surface area (Å²) in [5, 5.41) is 8.24. The zero-order valence-corrected chi connectivity index (χ0v) is 12.0. The van der Waals surface area contributed by atoms with Gasteiger partial charge in [0.1, 0.15) is 6.10 Å². The molecule has 0 radical (unpaired) electrons. The first-order chi connectivity index (χ1) is 9.75. The fourth-order valence-electron chi connectivity index (χ4n) is 2.59. The van der Waals surface area contributed by atoms with Crippen molar-refractivity contribution in [2.75, 3.05) is 18.5 Å². The molecule has 20 heavy (non-hydrogen) atoms. The minimum Gasteiger partial charge on any atom is -0.383 e. The lowest BCUT2D eigenvalue weighted by Gasteiger charge is -2.20. The van der Waals surface area contributed by atoms with E-state index in [4.69, 9.17) is 16.3 Å². The molecule has 1 aliphatic rings. The molecule has 0 aromatic carbocycles. The van der Waals surface area contributed by atoms with Crippen LogP contribution < -0.4 is 5.32 Å². The first-order valence-corrected chi connectivity index (χ1v) is 7.06. The molecule has 0 unspecified atom stereocenters. The van der Waals surface area contributed by atoms with Crippen molar-refractivity contribution in [2.24, 2.45) is 13.0 Å². The van der Waals surface area contributed by atoms with Crippen molar-refractivity contribution in [2.45, 2.75) is 12.5 Å². The largest absolute Gasteiger partial charge is 0.383 e. The van der Waals surface area contributed by atoms with Gasteiger partial charge in [0.05, 0.1) is 16.4 Å². The average molecular weight is 293 g/mol. The van der Waals surface area contributed by atoms with Crippen molar-refractivity contribution in [3.05, 3.63) is 41.4 Å². The molecule has 5 nitrogen and oxygen atoms in total. The van der Waals surface area contributed by atoms with Gasteiger partial charge in [0.2, 0.25) is 0 Å². The minimum absolute atomic E-state index is 0.0932. The van der Waals surface area contributed by atoms with E-state index in [0.717, 1.165) is 31.0 Å². The van der Waals surface area contributed by atoms with Gasteiger partial charge < -0.3 is 10.1 Å². The van der Waals surface area contributed by atoms with Gasteiger partial charge in [0, 0.05) is 44.7 Å². The number of halogens is 1. The molecule has 3 heterocycles. The van der Waals surface area contributed by atoms with E-state index in [-0.39, 0.29) is 6.10 Å². The molecule has 6 heteroatoms. The van der Waals surface area contributed by atoms with E-state index in [1.165, 1.54) is 0 Å². The third-order valence-electron chi connectivity index (χ3n) is 3.69. The summed E-state index contributed by atoms with van der Waals surface area (Å²) >= 11 is 6.10. The summed E-state index contributed by atoms with van der Waals surface area (Å²) in [4.78, 5) is 3.98. The Morgan fingerprint density at radius 1 is 1.45 bits per heavy atom. The Labute approximate surface area is 122 Å². The summed E-state index contributed by atoms with van der Waals surface area (Å²) < 4.78 is 7.74. The monoisotopic (exact) mass is 292 g/mol. The topological polar surface area (TPSA) is 52.0 Å². The summed E-state index contributed by atoms with van der Waals surface area (Å²) in [7, 11) is 1.95. The number of aryl methyl sites for hydroxylation is 1. The first kappa shape index (κ1) is 13.4. The van der Waals surface area contributed by atoms with Gasteiger partial charge in [-0.05, 0) is 18.6 Å². The van der Waals surface area contributed by atoms with Gasteiger partial charge in [-0.25, -0.2) is 0 Å². The summed E-state index contributed by atoms with van der Waals surface area (Å²) in [5.74, 6) is 0.412. The number of nitrogens with zero attached hydrogens (tertiary/aromatic N) is 3. The lowest BCUT2D eigenvalue weighted by atomic mass is 9.99. The van der Waals surface area contributed by atoms with E-state index >= 15 is 0 Å². The number of hydrogen-bond acceptors (Lipinski definition) is 4. The van der Waals surface area contributed by atoms with E-state index in [9.17, 15) is 0 Å². The van der Waals surface area contributed by atoms with E-state index in [1.54, 1.807) is 18.6 Å². The number of anilines is 1. The first-order valence-electron chi connectivity index (χ1n) is 6.68. The standard InChI is InChI=1S/C14H17ClN4O/c1-19-13(3-6-18-19)14-10(4-7-20-14)8-17-12-2-5-16-9-11(12)15/h2-3,5-6,9-10,14H,4,7-8H2,1H3,(H,16,17)/t10-,14+/m0/s1. The van der Waals surface area contributed by atoms with Crippen molar-refractivity contribution in [1.29, 1.82) is 0 Å². The van der Waals surface area contributed by atoms with Crippen molar-refractivity contribution in [3.63, 3.8) is 0 Å². The van der Waals surface area contributed by atoms with Crippen molar-refractivity contribution in [3.8, 4) is 0 Å². The highest BCUT2D eigenvalue weighted by atomic mass is 35.5. The molecular weight excluding hydrogens is 276 g/mol. The van der Waals surface area contributed by atoms with Crippen LogP contribution in [0.3, 0.4) is 0 Å². The summed E-state index contributed by atoms with van der Waals surface area (Å²) in [6, 6.07) is 3.90. The SMILES string of the molecule is Cn1nccc1[C@@H]1OCC[C@H]1CNc1ccncc1Cl. The lowest BCUT2D eigenvalue weighted by Crippen LogP contribution is -2.20. The second kappa shape index (κ2) is 5.81. The second-order valence-corrected chi connectivity index (χ2v) is 5.36. The van der Waals surface area contributed by atoms with Gasteiger partial charge in [0.25, 0.3) is 0 Å². The Morgan fingerprint density at radius 2 is 2.35 bits per heavy atom. The molecule has 0 amide bonds. The molecule has 0 bridgehead atoms. The molecule has 0 aliphatic carbocycles. The van der Waals surface area contributed by atoms with Crippen LogP contribution in [0.4, 0.5) is 5.69 Å². The zero-order valence-electron chi connectivity index (χ0n) is 11.3. The van der Waals surface area contributed by atoms with E-state index in [0.29, 0.717) is 10.9 Å². The number of rotatable bonds is 4. The van der Waals surface area contributed by atoms with Crippen LogP contribution in [0.1, 0.15) is 18.2 Å². The van der Waals surface area contributed by atoms with Gasteiger partial charge in [0.15, 0.2) is 0 Å². The maximum atomic E-state index is 6.10. The summed E-state index contributed by atoms with van der Waals surface area (Å²) in [5.41, 5.74) is 2.03. The summed E-state index contributed by atoms with van der Waals surface area (Å²) in [6.07, 6.45) is 6.31. The molecule has 2 atom stereocenters. The van der Waals surface area contributed by atoms with Gasteiger partial charge in [-0.1, -0.05) is 11.6 Å². The molecule has 1 N–H and O–H groups in total. The fourth-order valence-corrected chi connectivity index (χ4v) is 2.78. The quantitative estimate of drug-likeness (QED) is 0.941. The molecule has 0 saturated carbocycles. The third kappa shape index (κ3) is 2.64. The lowest BCUT2D eigenvalue weighted by molar-refractivity contribution is 0.0866. The second-order valence-electron chi connectivity index (χ2n) is 4.96. The Bertz CT molecular complexity index is 586. The minimum atomic E-state index is 0.0932. The Morgan fingerprint density at radius 3 is 3.10 bits per heavy atom.